The van der Waals surface area contributed by atoms with Crippen molar-refractivity contribution < 1.29 is 18.0 Å². The predicted octanol–water partition coefficient (Wildman–Crippen LogP) is 6.26. The Morgan fingerprint density at radius 1 is 1.18 bits per heavy atom. The summed E-state index contributed by atoms with van der Waals surface area (Å²) < 4.78 is 43.3. The molecule has 0 amide bonds. The van der Waals surface area contributed by atoms with Crippen molar-refractivity contribution in [2.75, 3.05) is 5.73 Å². The number of Topliss-reactive ketones (excluding diaryl/α,β-unsaturated/α-hetero) is 1. The lowest BCUT2D eigenvalue weighted by atomic mass is 9.97. The maximum Gasteiger partial charge on any atom is 0.206 e. The van der Waals surface area contributed by atoms with Crippen LogP contribution in [-0.4, -0.2) is 10.7 Å². The van der Waals surface area contributed by atoms with Crippen molar-refractivity contribution in [3.8, 4) is 0 Å². The van der Waals surface area contributed by atoms with Gasteiger partial charge in [0.05, 0.1) is 16.9 Å². The molecule has 0 spiro atoms. The van der Waals surface area contributed by atoms with E-state index < -0.39 is 23.1 Å². The number of allylic oxidation sites excluding steroid dienone is 4. The van der Waals surface area contributed by atoms with E-state index in [1.807, 2.05) is 6.92 Å². The molecule has 2 rings (SSSR count). The number of rotatable bonds is 5. The van der Waals surface area contributed by atoms with Crippen LogP contribution in [0.1, 0.15) is 52.5 Å². The van der Waals surface area contributed by atoms with Crippen molar-refractivity contribution in [3.05, 3.63) is 71.5 Å². The van der Waals surface area contributed by atoms with Gasteiger partial charge in [-0.1, -0.05) is 40.2 Å². The van der Waals surface area contributed by atoms with Crippen molar-refractivity contribution in [3.63, 3.8) is 0 Å². The van der Waals surface area contributed by atoms with E-state index >= 15 is 0 Å². The smallest absolute Gasteiger partial charge is 0.206 e. The van der Waals surface area contributed by atoms with E-state index in [1.165, 1.54) is 25.5 Å². The summed E-state index contributed by atoms with van der Waals surface area (Å²) >= 11 is 0. The molecule has 1 aliphatic rings. The average molecular weight is 392 g/mol. The molecule has 0 unspecified atom stereocenters. The Hall–Kier alpha value is -2.76. The molecule has 1 heterocycles. The minimum absolute atomic E-state index is 0.203. The van der Waals surface area contributed by atoms with Gasteiger partial charge < -0.3 is 5.73 Å². The third-order valence-corrected chi connectivity index (χ3v) is 3.91. The van der Waals surface area contributed by atoms with E-state index in [-0.39, 0.29) is 17.0 Å². The SMILES string of the molecule is C=CN1C(F)=C(c2c(F)ccc(N)c2F)C=C/C1=C(/CCC)C(C)=O.CCC. The number of ketones is 1. The van der Waals surface area contributed by atoms with Gasteiger partial charge in [-0.05, 0) is 37.6 Å². The summed E-state index contributed by atoms with van der Waals surface area (Å²) in [6.45, 7) is 11.1. The lowest BCUT2D eigenvalue weighted by Crippen LogP contribution is -2.20. The highest BCUT2D eigenvalue weighted by atomic mass is 19.1. The summed E-state index contributed by atoms with van der Waals surface area (Å²) in [5, 5.41) is 0. The summed E-state index contributed by atoms with van der Waals surface area (Å²) in [6, 6.07) is 2.05. The molecule has 28 heavy (non-hydrogen) atoms. The number of nitrogen functional groups attached to an aromatic ring is 1. The monoisotopic (exact) mass is 392 g/mol. The molecule has 0 saturated carbocycles. The van der Waals surface area contributed by atoms with Gasteiger partial charge in [0.1, 0.15) is 5.82 Å². The Labute approximate surface area is 164 Å². The van der Waals surface area contributed by atoms with Crippen LogP contribution in [0.2, 0.25) is 0 Å². The first kappa shape index (κ1) is 23.3. The fourth-order valence-corrected chi connectivity index (χ4v) is 2.71. The van der Waals surface area contributed by atoms with Crippen LogP contribution in [0, 0.1) is 11.6 Å². The Morgan fingerprint density at radius 2 is 1.79 bits per heavy atom. The van der Waals surface area contributed by atoms with Gasteiger partial charge in [0.15, 0.2) is 11.6 Å². The highest BCUT2D eigenvalue weighted by Crippen LogP contribution is 2.37. The zero-order valence-electron chi connectivity index (χ0n) is 16.8. The number of carbonyl (C=O) groups excluding carboxylic acids is 1. The number of nitrogens with two attached hydrogens (primary N) is 1. The molecule has 3 nitrogen and oxygen atoms in total. The van der Waals surface area contributed by atoms with Gasteiger partial charge >= 0.3 is 0 Å². The van der Waals surface area contributed by atoms with Gasteiger partial charge in [-0.15, -0.1) is 0 Å². The van der Waals surface area contributed by atoms with Gasteiger partial charge in [0, 0.05) is 17.3 Å². The molecule has 1 aromatic carbocycles. The van der Waals surface area contributed by atoms with Crippen molar-refractivity contribution >= 4 is 17.0 Å². The Balaban J connectivity index is 0.00000122. The Kier molecular flexibility index (Phi) is 8.76. The number of hydrogen-bond donors (Lipinski definition) is 1. The Bertz CT molecular complexity index is 838. The summed E-state index contributed by atoms with van der Waals surface area (Å²) in [5.41, 5.74) is 5.04. The molecular formula is C22H27F3N2O. The van der Waals surface area contributed by atoms with Crippen LogP contribution >= 0.6 is 0 Å². The van der Waals surface area contributed by atoms with E-state index in [1.54, 1.807) is 0 Å². The highest BCUT2D eigenvalue weighted by Gasteiger charge is 2.27. The minimum atomic E-state index is -1.04. The minimum Gasteiger partial charge on any atom is -0.396 e. The zero-order valence-corrected chi connectivity index (χ0v) is 16.8. The van der Waals surface area contributed by atoms with Crippen LogP contribution in [0.25, 0.3) is 5.57 Å². The summed E-state index contributed by atoms with van der Waals surface area (Å²) in [5.74, 6) is -3.10. The van der Waals surface area contributed by atoms with Crippen LogP contribution in [-0.2, 0) is 4.79 Å². The first-order valence-electron chi connectivity index (χ1n) is 9.22. The second kappa shape index (κ2) is 10.5. The molecule has 0 fully saturated rings. The molecule has 0 atom stereocenters. The number of halogens is 3. The summed E-state index contributed by atoms with van der Waals surface area (Å²) in [6.07, 6.45) is 6.24. The molecule has 0 bridgehead atoms. The van der Waals surface area contributed by atoms with E-state index in [2.05, 4.69) is 20.4 Å². The van der Waals surface area contributed by atoms with Crippen LogP contribution in [0.5, 0.6) is 0 Å². The molecule has 152 valence electrons. The van der Waals surface area contributed by atoms with Crippen LogP contribution < -0.4 is 5.73 Å². The van der Waals surface area contributed by atoms with Gasteiger partial charge in [0.25, 0.3) is 0 Å². The van der Waals surface area contributed by atoms with Crippen molar-refractivity contribution in [1.82, 2.24) is 4.90 Å². The lowest BCUT2D eigenvalue weighted by molar-refractivity contribution is -0.113. The highest BCUT2D eigenvalue weighted by molar-refractivity contribution is 5.95. The topological polar surface area (TPSA) is 46.3 Å². The fourth-order valence-electron chi connectivity index (χ4n) is 2.71. The molecule has 0 saturated heterocycles. The second-order valence-electron chi connectivity index (χ2n) is 6.29. The van der Waals surface area contributed by atoms with Gasteiger partial charge in [-0.2, -0.15) is 4.39 Å². The second-order valence-corrected chi connectivity index (χ2v) is 6.29. The maximum atomic E-state index is 15.0. The third kappa shape index (κ3) is 4.94. The van der Waals surface area contributed by atoms with Gasteiger partial charge in [-0.25, -0.2) is 8.78 Å². The molecule has 2 N–H and O–H groups in total. The normalized spacial score (nSPS) is 15.2. The number of benzene rings is 1. The number of nitrogens with zero attached hydrogens (tertiary/aromatic N) is 1. The predicted molar refractivity (Wildman–Crippen MR) is 109 cm³/mol. The largest absolute Gasteiger partial charge is 0.396 e. The molecule has 6 heteroatoms. The van der Waals surface area contributed by atoms with Crippen LogP contribution in [0.15, 0.2) is 54.3 Å². The molecule has 1 aromatic rings. The maximum absolute atomic E-state index is 15.0. The molecule has 1 aliphatic heterocycles. The van der Waals surface area contributed by atoms with Crippen molar-refractivity contribution in [2.45, 2.75) is 47.0 Å². The van der Waals surface area contributed by atoms with Gasteiger partial charge in [0.2, 0.25) is 5.95 Å². The van der Waals surface area contributed by atoms with E-state index in [0.717, 1.165) is 23.2 Å². The van der Waals surface area contributed by atoms with E-state index in [9.17, 15) is 18.0 Å². The molecular weight excluding hydrogens is 365 g/mol. The van der Waals surface area contributed by atoms with Crippen LogP contribution in [0.3, 0.4) is 0 Å². The van der Waals surface area contributed by atoms with E-state index in [4.69, 9.17) is 5.73 Å². The Morgan fingerprint density at radius 3 is 2.29 bits per heavy atom. The number of carbonyl (C=O) groups is 1. The van der Waals surface area contributed by atoms with Crippen molar-refractivity contribution in [1.29, 1.82) is 0 Å². The first-order valence-corrected chi connectivity index (χ1v) is 9.22. The van der Waals surface area contributed by atoms with Crippen LogP contribution in [0.4, 0.5) is 18.9 Å². The summed E-state index contributed by atoms with van der Waals surface area (Å²) in [4.78, 5) is 12.9. The zero-order chi connectivity index (χ0) is 21.4. The summed E-state index contributed by atoms with van der Waals surface area (Å²) in [7, 11) is 0. The fraction of sp³-hybridized carbons (Fsp3) is 0.318. The van der Waals surface area contributed by atoms with Gasteiger partial charge in [-0.3, -0.25) is 9.69 Å². The average Bonchev–Trinajstić information content (AvgIpc) is 2.64. The standard InChI is InChI=1S/C19H19F3N2O.C3H8/c1-4-6-12(11(3)25)16-10-7-13(19(22)24(16)5-2)17-14(20)8-9-15(23)18(17)21;1-3-2/h5,7-10H,2,4,6,23H2,1,3H3;3H2,1-2H3/b16-12+;. The molecule has 0 aliphatic carbocycles. The molecule has 0 aromatic heterocycles. The van der Waals surface area contributed by atoms with Crippen molar-refractivity contribution in [2.24, 2.45) is 0 Å². The number of anilines is 1. The quantitative estimate of drug-likeness (QED) is 0.365. The third-order valence-electron chi connectivity index (χ3n) is 3.91. The lowest BCUT2D eigenvalue weighted by Gasteiger charge is -2.27. The number of hydrogen-bond acceptors (Lipinski definition) is 3. The molecule has 0 radical (unpaired) electrons. The van der Waals surface area contributed by atoms with E-state index in [0.29, 0.717) is 24.1 Å². The first-order chi connectivity index (χ1) is 13.2.